The second kappa shape index (κ2) is 6.71. The molecule has 0 saturated carbocycles. The number of carbonyl (C=O) groups is 1. The second-order valence-electron chi connectivity index (χ2n) is 4.45. The maximum Gasteiger partial charge on any atom is 0.237 e. The third kappa shape index (κ3) is 3.57. The Morgan fingerprint density at radius 3 is 3.21 bits per heavy atom. The van der Waals surface area contributed by atoms with Gasteiger partial charge in [0.25, 0.3) is 0 Å². The van der Waals surface area contributed by atoms with Gasteiger partial charge in [0.15, 0.2) is 0 Å². The van der Waals surface area contributed by atoms with Gasteiger partial charge >= 0.3 is 0 Å². The lowest BCUT2D eigenvalue weighted by molar-refractivity contribution is -0.129. The topological polar surface area (TPSA) is 52.6 Å². The molecule has 0 aliphatic carbocycles. The van der Waals surface area contributed by atoms with Gasteiger partial charge in [-0.15, -0.1) is 11.3 Å². The van der Waals surface area contributed by atoms with Gasteiger partial charge in [-0.1, -0.05) is 18.8 Å². The number of aliphatic hydroxyl groups excluding tert-OH is 1. The number of piperazine rings is 1. The van der Waals surface area contributed by atoms with E-state index in [1.807, 2.05) is 18.4 Å². The van der Waals surface area contributed by atoms with E-state index in [0.29, 0.717) is 0 Å². The SMILES string of the molecule is CCC1C(=O)NCCN1Cc1cc(C#CCO)cs1. The molecule has 2 rings (SSSR count). The first-order chi connectivity index (χ1) is 9.24. The zero-order valence-electron chi connectivity index (χ0n) is 11.0. The molecule has 4 nitrogen and oxygen atoms in total. The van der Waals surface area contributed by atoms with Crippen molar-refractivity contribution in [2.24, 2.45) is 0 Å². The van der Waals surface area contributed by atoms with Crippen molar-refractivity contribution in [3.05, 3.63) is 21.9 Å². The zero-order valence-corrected chi connectivity index (χ0v) is 11.8. The Bertz CT molecular complexity index is 501. The molecule has 1 amide bonds. The van der Waals surface area contributed by atoms with Crippen LogP contribution in [0.1, 0.15) is 23.8 Å². The summed E-state index contributed by atoms with van der Waals surface area (Å²) in [6, 6.07) is 2.01. The highest BCUT2D eigenvalue weighted by molar-refractivity contribution is 7.10. The van der Waals surface area contributed by atoms with Crippen LogP contribution in [0.2, 0.25) is 0 Å². The smallest absolute Gasteiger partial charge is 0.237 e. The van der Waals surface area contributed by atoms with Gasteiger partial charge in [0.05, 0.1) is 6.04 Å². The first-order valence-electron chi connectivity index (χ1n) is 6.43. The highest BCUT2D eigenvalue weighted by Gasteiger charge is 2.27. The summed E-state index contributed by atoms with van der Waals surface area (Å²) < 4.78 is 0. The third-order valence-corrected chi connectivity index (χ3v) is 4.07. The Hall–Kier alpha value is -1.35. The highest BCUT2D eigenvalue weighted by atomic mass is 32.1. The van der Waals surface area contributed by atoms with Crippen molar-refractivity contribution < 1.29 is 9.90 Å². The molecular weight excluding hydrogens is 260 g/mol. The van der Waals surface area contributed by atoms with E-state index in [9.17, 15) is 4.79 Å². The van der Waals surface area contributed by atoms with Gasteiger partial charge in [-0.2, -0.15) is 0 Å². The lowest BCUT2D eigenvalue weighted by Crippen LogP contribution is -2.54. The van der Waals surface area contributed by atoms with Gasteiger partial charge in [-0.25, -0.2) is 0 Å². The number of carbonyl (C=O) groups excluding carboxylic acids is 1. The molecule has 0 aromatic carbocycles. The van der Waals surface area contributed by atoms with Crippen LogP contribution in [0.3, 0.4) is 0 Å². The van der Waals surface area contributed by atoms with Crippen molar-refractivity contribution in [3.63, 3.8) is 0 Å². The molecule has 2 heterocycles. The molecule has 5 heteroatoms. The molecular formula is C14H18N2O2S. The first kappa shape index (κ1) is 14.1. The molecule has 102 valence electrons. The minimum atomic E-state index is -0.116. The largest absolute Gasteiger partial charge is 0.384 e. The van der Waals surface area contributed by atoms with E-state index < -0.39 is 0 Å². The molecule has 1 atom stereocenters. The summed E-state index contributed by atoms with van der Waals surface area (Å²) in [7, 11) is 0. The van der Waals surface area contributed by atoms with E-state index >= 15 is 0 Å². The Kier molecular flexibility index (Phi) is 4.97. The Morgan fingerprint density at radius 1 is 1.63 bits per heavy atom. The molecule has 0 radical (unpaired) electrons. The van der Waals surface area contributed by atoms with Crippen LogP contribution in [0.15, 0.2) is 11.4 Å². The van der Waals surface area contributed by atoms with Crippen LogP contribution in [0.4, 0.5) is 0 Å². The van der Waals surface area contributed by atoms with Crippen LogP contribution < -0.4 is 5.32 Å². The van der Waals surface area contributed by atoms with E-state index in [-0.39, 0.29) is 18.6 Å². The third-order valence-electron chi connectivity index (χ3n) is 3.15. The lowest BCUT2D eigenvalue weighted by atomic mass is 10.1. The Labute approximate surface area is 117 Å². The average Bonchev–Trinajstić information content (AvgIpc) is 2.84. The Balaban J connectivity index is 2.03. The van der Waals surface area contributed by atoms with Crippen molar-refractivity contribution in [2.45, 2.75) is 25.9 Å². The van der Waals surface area contributed by atoms with Crippen molar-refractivity contribution >= 4 is 17.2 Å². The summed E-state index contributed by atoms with van der Waals surface area (Å²) in [6.07, 6.45) is 0.828. The van der Waals surface area contributed by atoms with Crippen molar-refractivity contribution in [1.82, 2.24) is 10.2 Å². The maximum atomic E-state index is 11.8. The molecule has 0 bridgehead atoms. The molecule has 1 aliphatic heterocycles. The average molecular weight is 278 g/mol. The zero-order chi connectivity index (χ0) is 13.7. The van der Waals surface area contributed by atoms with Gasteiger partial charge in [0.2, 0.25) is 5.91 Å². The van der Waals surface area contributed by atoms with Gasteiger partial charge in [-0.05, 0) is 12.5 Å². The number of thiophene rings is 1. The molecule has 0 spiro atoms. The molecule has 2 N–H and O–H groups in total. The van der Waals surface area contributed by atoms with Gasteiger partial charge in [0.1, 0.15) is 6.61 Å². The molecule has 1 saturated heterocycles. The highest BCUT2D eigenvalue weighted by Crippen LogP contribution is 2.19. The quantitative estimate of drug-likeness (QED) is 0.804. The summed E-state index contributed by atoms with van der Waals surface area (Å²) in [4.78, 5) is 15.2. The normalized spacial score (nSPS) is 19.7. The van der Waals surface area contributed by atoms with E-state index in [0.717, 1.165) is 31.6 Å². The van der Waals surface area contributed by atoms with Crippen molar-refractivity contribution in [2.75, 3.05) is 19.7 Å². The predicted molar refractivity (Wildman–Crippen MR) is 75.8 cm³/mol. The molecule has 1 aromatic rings. The van der Waals surface area contributed by atoms with Crippen LogP contribution in [-0.2, 0) is 11.3 Å². The van der Waals surface area contributed by atoms with Crippen LogP contribution in [0, 0.1) is 11.8 Å². The summed E-state index contributed by atoms with van der Waals surface area (Å²) >= 11 is 1.65. The van der Waals surface area contributed by atoms with E-state index in [1.54, 1.807) is 11.3 Å². The summed E-state index contributed by atoms with van der Waals surface area (Å²) in [6.45, 7) is 4.32. The predicted octanol–water partition coefficient (Wildman–Crippen LogP) is 0.802. The van der Waals surface area contributed by atoms with E-state index in [4.69, 9.17) is 5.11 Å². The van der Waals surface area contributed by atoms with Crippen molar-refractivity contribution in [1.29, 1.82) is 0 Å². The number of amides is 1. The molecule has 19 heavy (non-hydrogen) atoms. The van der Waals surface area contributed by atoms with Crippen LogP contribution in [-0.4, -0.2) is 41.7 Å². The molecule has 1 aromatic heterocycles. The molecule has 1 aliphatic rings. The fourth-order valence-corrected chi connectivity index (χ4v) is 3.11. The number of hydrogen-bond acceptors (Lipinski definition) is 4. The van der Waals surface area contributed by atoms with Crippen LogP contribution >= 0.6 is 11.3 Å². The molecule has 1 unspecified atom stereocenters. The fourth-order valence-electron chi connectivity index (χ4n) is 2.27. The van der Waals surface area contributed by atoms with E-state index in [2.05, 4.69) is 22.1 Å². The Morgan fingerprint density at radius 2 is 2.47 bits per heavy atom. The number of nitrogens with zero attached hydrogens (tertiary/aromatic N) is 1. The van der Waals surface area contributed by atoms with Gasteiger partial charge in [-0.3, -0.25) is 9.69 Å². The van der Waals surface area contributed by atoms with Gasteiger partial charge < -0.3 is 10.4 Å². The first-order valence-corrected chi connectivity index (χ1v) is 7.31. The standard InChI is InChI=1S/C14H18N2O2S/c1-2-13-14(18)15-5-6-16(13)9-12-8-11(10-19-12)4-3-7-17/h8,10,13,17H,2,5-7,9H2,1H3,(H,15,18). The summed E-state index contributed by atoms with van der Waals surface area (Å²) in [5, 5.41) is 13.6. The van der Waals surface area contributed by atoms with Crippen molar-refractivity contribution in [3.8, 4) is 11.8 Å². The minimum Gasteiger partial charge on any atom is -0.384 e. The monoisotopic (exact) mass is 278 g/mol. The van der Waals surface area contributed by atoms with Crippen LogP contribution in [0.5, 0.6) is 0 Å². The minimum absolute atomic E-state index is 0.0252. The maximum absolute atomic E-state index is 11.8. The number of hydrogen-bond donors (Lipinski definition) is 2. The van der Waals surface area contributed by atoms with Gasteiger partial charge in [0, 0.05) is 35.5 Å². The van der Waals surface area contributed by atoms with E-state index in [1.165, 1.54) is 4.88 Å². The number of aliphatic hydroxyl groups is 1. The number of nitrogens with one attached hydrogen (secondary N) is 1. The fraction of sp³-hybridized carbons (Fsp3) is 0.500. The van der Waals surface area contributed by atoms with Crippen LogP contribution in [0.25, 0.3) is 0 Å². The summed E-state index contributed by atoms with van der Waals surface area (Å²) in [5.74, 6) is 5.67. The number of rotatable bonds is 3. The lowest BCUT2D eigenvalue weighted by Gasteiger charge is -2.34. The second-order valence-corrected chi connectivity index (χ2v) is 5.44. The molecule has 1 fully saturated rings. The summed E-state index contributed by atoms with van der Waals surface area (Å²) in [5.41, 5.74) is 0.934.